The number of nitrogens with zero attached hydrogens (tertiary/aromatic N) is 3. The van der Waals surface area contributed by atoms with Crippen LogP contribution >= 0.6 is 35.3 Å². The van der Waals surface area contributed by atoms with Crippen LogP contribution in [0, 0.1) is 5.92 Å². The van der Waals surface area contributed by atoms with Gasteiger partial charge < -0.3 is 20.3 Å². The van der Waals surface area contributed by atoms with Gasteiger partial charge >= 0.3 is 0 Å². The molecule has 6 nitrogen and oxygen atoms in total. The summed E-state index contributed by atoms with van der Waals surface area (Å²) in [5, 5.41) is 10.1. The molecule has 1 saturated heterocycles. The normalized spacial score (nSPS) is 14.9. The van der Waals surface area contributed by atoms with E-state index < -0.39 is 0 Å². The Morgan fingerprint density at radius 1 is 1.23 bits per heavy atom. The van der Waals surface area contributed by atoms with Crippen molar-refractivity contribution < 1.29 is 4.74 Å². The molecule has 8 heteroatoms. The van der Waals surface area contributed by atoms with Gasteiger partial charge in [-0.05, 0) is 31.2 Å². The number of benzene rings is 1. The second-order valence-corrected chi connectivity index (χ2v) is 8.65. The quantitative estimate of drug-likeness (QED) is 0.245. The zero-order chi connectivity index (χ0) is 21.0. The first-order valence-electron chi connectivity index (χ1n) is 11.1. The van der Waals surface area contributed by atoms with Gasteiger partial charge in [0.2, 0.25) is 0 Å². The Balaban J connectivity index is 0.00000341. The lowest BCUT2D eigenvalue weighted by molar-refractivity contribution is 0.0945. The number of halogens is 1. The van der Waals surface area contributed by atoms with E-state index in [2.05, 4.69) is 46.9 Å². The highest BCUT2D eigenvalue weighted by atomic mass is 127. The molecule has 1 aliphatic rings. The number of nitrogens with one attached hydrogen (secondary N) is 2. The van der Waals surface area contributed by atoms with E-state index in [-0.39, 0.29) is 24.0 Å². The van der Waals surface area contributed by atoms with Crippen molar-refractivity contribution in [1.29, 1.82) is 0 Å². The number of hydrogen-bond acceptors (Lipinski definition) is 5. The molecule has 2 heterocycles. The molecule has 1 aliphatic heterocycles. The smallest absolute Gasteiger partial charge is 0.191 e. The number of thiazole rings is 1. The predicted molar refractivity (Wildman–Crippen MR) is 142 cm³/mol. The summed E-state index contributed by atoms with van der Waals surface area (Å²) in [5.74, 6) is 1.23. The molecule has 2 N–H and O–H groups in total. The molecule has 0 saturated carbocycles. The highest BCUT2D eigenvalue weighted by Gasteiger charge is 2.15. The molecule has 1 aromatic carbocycles. The van der Waals surface area contributed by atoms with E-state index in [1.807, 2.05) is 18.2 Å². The average Bonchev–Trinajstić information content (AvgIpc) is 3.45. The molecule has 1 fully saturated rings. The van der Waals surface area contributed by atoms with E-state index >= 15 is 0 Å². The molecule has 1 atom stereocenters. The second-order valence-electron chi connectivity index (χ2n) is 7.82. The summed E-state index contributed by atoms with van der Waals surface area (Å²) in [6.07, 6.45) is 3.48. The minimum Gasteiger partial charge on any atom is -0.376 e. The number of ether oxygens (including phenoxy) is 1. The molecule has 31 heavy (non-hydrogen) atoms. The van der Waals surface area contributed by atoms with E-state index in [1.54, 1.807) is 11.3 Å². The summed E-state index contributed by atoms with van der Waals surface area (Å²) in [5.41, 5.74) is 2.37. The van der Waals surface area contributed by atoms with Crippen molar-refractivity contribution in [3.63, 3.8) is 0 Å². The minimum absolute atomic E-state index is 0. The Bertz CT molecular complexity index is 764. The van der Waals surface area contributed by atoms with Crippen LogP contribution < -0.4 is 15.5 Å². The molecular weight excluding hydrogens is 521 g/mol. The molecule has 172 valence electrons. The standard InChI is InChI=1S/C23H35N5OS.HI/c1-3-24-22(26-15-19(2)16-29-17-20-9-5-4-6-10-20)25-12-11-21-18-30-23(27-21)28-13-7-8-14-28;/h4-6,9-10,18-19H,3,7-8,11-17H2,1-2H3,(H2,24,25,26);1H. The lowest BCUT2D eigenvalue weighted by Crippen LogP contribution is -2.38. The summed E-state index contributed by atoms with van der Waals surface area (Å²) >= 11 is 1.76. The van der Waals surface area contributed by atoms with Crippen LogP contribution in [-0.4, -0.2) is 50.3 Å². The van der Waals surface area contributed by atoms with Crippen molar-refractivity contribution in [2.75, 3.05) is 44.2 Å². The van der Waals surface area contributed by atoms with Gasteiger partial charge in [-0.15, -0.1) is 35.3 Å². The number of anilines is 1. The van der Waals surface area contributed by atoms with Gasteiger partial charge in [-0.3, -0.25) is 4.99 Å². The molecule has 1 unspecified atom stereocenters. The largest absolute Gasteiger partial charge is 0.376 e. The molecule has 0 radical (unpaired) electrons. The number of hydrogen-bond donors (Lipinski definition) is 2. The first-order valence-corrected chi connectivity index (χ1v) is 12.0. The van der Waals surface area contributed by atoms with E-state index in [0.717, 1.165) is 50.8 Å². The maximum Gasteiger partial charge on any atom is 0.191 e. The monoisotopic (exact) mass is 557 g/mol. The average molecular weight is 558 g/mol. The molecule has 3 rings (SSSR count). The van der Waals surface area contributed by atoms with Crippen LogP contribution in [0.1, 0.15) is 37.9 Å². The van der Waals surface area contributed by atoms with Gasteiger partial charge in [0.25, 0.3) is 0 Å². The lowest BCUT2D eigenvalue weighted by Gasteiger charge is -2.14. The Kier molecular flexibility index (Phi) is 12.2. The Morgan fingerprint density at radius 3 is 2.74 bits per heavy atom. The van der Waals surface area contributed by atoms with Gasteiger partial charge in [0.05, 0.1) is 18.9 Å². The second kappa shape index (κ2) is 14.6. The number of guanidine groups is 1. The highest BCUT2D eigenvalue weighted by molar-refractivity contribution is 14.0. The van der Waals surface area contributed by atoms with Crippen LogP contribution in [0.4, 0.5) is 5.13 Å². The fourth-order valence-corrected chi connectivity index (χ4v) is 4.28. The fourth-order valence-electron chi connectivity index (χ4n) is 3.37. The summed E-state index contributed by atoms with van der Waals surface area (Å²) in [6.45, 7) is 10.3. The minimum atomic E-state index is 0. The highest BCUT2D eigenvalue weighted by Crippen LogP contribution is 2.24. The van der Waals surface area contributed by atoms with Gasteiger partial charge in [-0.2, -0.15) is 0 Å². The summed E-state index contributed by atoms with van der Waals surface area (Å²) < 4.78 is 5.84. The van der Waals surface area contributed by atoms with Crippen molar-refractivity contribution >= 4 is 46.4 Å². The molecule has 0 spiro atoms. The van der Waals surface area contributed by atoms with Gasteiger partial charge in [0.15, 0.2) is 11.1 Å². The maximum absolute atomic E-state index is 5.84. The lowest BCUT2D eigenvalue weighted by atomic mass is 10.2. The van der Waals surface area contributed by atoms with Crippen LogP contribution in [0.25, 0.3) is 0 Å². The molecule has 2 aromatic rings. The summed E-state index contributed by atoms with van der Waals surface area (Å²) in [6, 6.07) is 10.3. The van der Waals surface area contributed by atoms with E-state index in [1.165, 1.54) is 23.5 Å². The predicted octanol–water partition coefficient (Wildman–Crippen LogP) is 4.31. The Labute approximate surface area is 207 Å². The summed E-state index contributed by atoms with van der Waals surface area (Å²) in [7, 11) is 0. The Hall–Kier alpha value is -1.39. The third-order valence-corrected chi connectivity index (χ3v) is 5.96. The van der Waals surface area contributed by atoms with Gasteiger partial charge in [0.1, 0.15) is 0 Å². The van der Waals surface area contributed by atoms with Crippen LogP contribution in [0.15, 0.2) is 40.7 Å². The van der Waals surface area contributed by atoms with Crippen molar-refractivity contribution in [3.05, 3.63) is 47.0 Å². The fraction of sp³-hybridized carbons (Fsp3) is 0.565. The number of aliphatic imine (C=N–C) groups is 1. The Morgan fingerprint density at radius 2 is 2.00 bits per heavy atom. The van der Waals surface area contributed by atoms with Crippen molar-refractivity contribution in [1.82, 2.24) is 15.6 Å². The first-order chi connectivity index (χ1) is 14.7. The SMILES string of the molecule is CCNC(=NCC(C)COCc1ccccc1)NCCc1csc(N2CCCC2)n1.I. The third-order valence-electron chi connectivity index (χ3n) is 5.01. The van der Waals surface area contributed by atoms with E-state index in [0.29, 0.717) is 19.1 Å². The van der Waals surface area contributed by atoms with Gasteiger partial charge in [-0.1, -0.05) is 37.3 Å². The van der Waals surface area contributed by atoms with Crippen LogP contribution in [0.5, 0.6) is 0 Å². The molecular formula is C23H36IN5OS. The molecule has 0 bridgehead atoms. The zero-order valence-corrected chi connectivity index (χ0v) is 21.8. The van der Waals surface area contributed by atoms with E-state index in [9.17, 15) is 0 Å². The van der Waals surface area contributed by atoms with Crippen LogP contribution in [0.3, 0.4) is 0 Å². The van der Waals surface area contributed by atoms with Crippen LogP contribution in [-0.2, 0) is 17.8 Å². The first kappa shape index (κ1) is 25.9. The van der Waals surface area contributed by atoms with Gasteiger partial charge in [-0.25, -0.2) is 4.98 Å². The van der Waals surface area contributed by atoms with Crippen LogP contribution in [0.2, 0.25) is 0 Å². The maximum atomic E-state index is 5.84. The van der Waals surface area contributed by atoms with Crippen molar-refractivity contribution in [3.8, 4) is 0 Å². The summed E-state index contributed by atoms with van der Waals surface area (Å²) in [4.78, 5) is 11.9. The third kappa shape index (κ3) is 9.33. The van der Waals surface area contributed by atoms with Crippen molar-refractivity contribution in [2.24, 2.45) is 10.9 Å². The molecule has 1 aromatic heterocycles. The van der Waals surface area contributed by atoms with Crippen molar-refractivity contribution in [2.45, 2.75) is 39.7 Å². The zero-order valence-electron chi connectivity index (χ0n) is 18.7. The number of aromatic nitrogens is 1. The van der Waals surface area contributed by atoms with Gasteiger partial charge in [0, 0.05) is 44.5 Å². The number of rotatable bonds is 11. The topological polar surface area (TPSA) is 61.8 Å². The molecule has 0 aliphatic carbocycles. The van der Waals surface area contributed by atoms with E-state index in [4.69, 9.17) is 14.7 Å². The molecule has 0 amide bonds.